The molecule has 20 heavy (non-hydrogen) atoms. The number of hydrogen-bond donors (Lipinski definition) is 2. The Kier molecular flexibility index (Phi) is 5.44. The summed E-state index contributed by atoms with van der Waals surface area (Å²) in [5, 5.41) is 19.3. The van der Waals surface area contributed by atoms with Crippen molar-refractivity contribution in [1.82, 2.24) is 0 Å². The summed E-state index contributed by atoms with van der Waals surface area (Å²) < 4.78 is 5.81. The van der Waals surface area contributed by atoms with Gasteiger partial charge < -0.3 is 14.9 Å². The predicted octanol–water partition coefficient (Wildman–Crippen LogP) is 3.12. The number of aryl methyl sites for hydroxylation is 2. The van der Waals surface area contributed by atoms with Crippen LogP contribution in [0.3, 0.4) is 0 Å². The highest BCUT2D eigenvalue weighted by molar-refractivity contribution is 5.43. The maximum atomic E-state index is 10.1. The van der Waals surface area contributed by atoms with Crippen LogP contribution in [-0.2, 0) is 6.61 Å². The molecule has 0 spiro atoms. The Morgan fingerprint density at radius 3 is 2.35 bits per heavy atom. The van der Waals surface area contributed by atoms with E-state index in [4.69, 9.17) is 4.74 Å². The Hall–Kier alpha value is -1.06. The van der Waals surface area contributed by atoms with Crippen molar-refractivity contribution in [2.45, 2.75) is 58.7 Å². The fourth-order valence-corrected chi connectivity index (χ4v) is 3.24. The number of rotatable bonds is 6. The van der Waals surface area contributed by atoms with Crippen LogP contribution in [0.5, 0.6) is 5.75 Å². The van der Waals surface area contributed by atoms with E-state index in [2.05, 4.69) is 0 Å². The van der Waals surface area contributed by atoms with E-state index in [1.807, 2.05) is 26.0 Å². The summed E-state index contributed by atoms with van der Waals surface area (Å²) in [6, 6.07) is 3.87. The molecule has 2 N–H and O–H groups in total. The standard InChI is InChI=1S/C17H26O3/c1-12-7-15(10-18)8-13(2)17(12)20-11-16(19)9-14-5-3-4-6-14/h7-8,14,16,18-19H,3-6,9-11H2,1-2H3. The van der Waals surface area contributed by atoms with E-state index in [1.54, 1.807) is 0 Å². The molecule has 0 amide bonds. The molecule has 1 unspecified atom stereocenters. The van der Waals surface area contributed by atoms with Crippen LogP contribution in [0.4, 0.5) is 0 Å². The average molecular weight is 278 g/mol. The van der Waals surface area contributed by atoms with Crippen molar-refractivity contribution in [2.75, 3.05) is 6.61 Å². The first kappa shape index (κ1) is 15.3. The molecule has 0 aliphatic heterocycles. The predicted molar refractivity (Wildman–Crippen MR) is 79.9 cm³/mol. The molecule has 0 radical (unpaired) electrons. The first-order valence-corrected chi connectivity index (χ1v) is 7.62. The van der Waals surface area contributed by atoms with Gasteiger partial charge >= 0.3 is 0 Å². The highest BCUT2D eigenvalue weighted by Gasteiger charge is 2.19. The van der Waals surface area contributed by atoms with E-state index in [9.17, 15) is 10.2 Å². The Balaban J connectivity index is 1.89. The molecule has 1 aromatic carbocycles. The van der Waals surface area contributed by atoms with E-state index in [0.29, 0.717) is 12.5 Å². The third kappa shape index (κ3) is 3.97. The van der Waals surface area contributed by atoms with Crippen molar-refractivity contribution in [1.29, 1.82) is 0 Å². The number of aliphatic hydroxyl groups excluding tert-OH is 2. The van der Waals surface area contributed by atoms with E-state index in [0.717, 1.165) is 28.9 Å². The summed E-state index contributed by atoms with van der Waals surface area (Å²) in [5.41, 5.74) is 2.93. The Morgan fingerprint density at radius 1 is 1.20 bits per heavy atom. The van der Waals surface area contributed by atoms with Crippen LogP contribution >= 0.6 is 0 Å². The maximum Gasteiger partial charge on any atom is 0.125 e. The van der Waals surface area contributed by atoms with Crippen LogP contribution in [0.15, 0.2) is 12.1 Å². The van der Waals surface area contributed by atoms with Gasteiger partial charge in [-0.3, -0.25) is 0 Å². The van der Waals surface area contributed by atoms with Crippen LogP contribution in [0.2, 0.25) is 0 Å². The van der Waals surface area contributed by atoms with Gasteiger partial charge in [-0.1, -0.05) is 37.8 Å². The lowest BCUT2D eigenvalue weighted by Crippen LogP contribution is -2.21. The van der Waals surface area contributed by atoms with Crippen molar-refractivity contribution in [3.63, 3.8) is 0 Å². The molecule has 0 heterocycles. The van der Waals surface area contributed by atoms with E-state index >= 15 is 0 Å². The molecule has 1 aliphatic carbocycles. The molecule has 3 nitrogen and oxygen atoms in total. The lowest BCUT2D eigenvalue weighted by Gasteiger charge is -2.18. The van der Waals surface area contributed by atoms with Gasteiger partial charge in [0.15, 0.2) is 0 Å². The summed E-state index contributed by atoms with van der Waals surface area (Å²) in [5.74, 6) is 1.51. The third-order valence-electron chi connectivity index (χ3n) is 4.20. The van der Waals surface area contributed by atoms with E-state index in [-0.39, 0.29) is 12.7 Å². The van der Waals surface area contributed by atoms with Crippen molar-refractivity contribution in [3.05, 3.63) is 28.8 Å². The van der Waals surface area contributed by atoms with Crippen LogP contribution in [0.1, 0.15) is 48.8 Å². The molecule has 0 bridgehead atoms. The number of hydrogen-bond acceptors (Lipinski definition) is 3. The summed E-state index contributed by atoms with van der Waals surface area (Å²) >= 11 is 0. The molecule has 112 valence electrons. The molecule has 0 saturated heterocycles. The van der Waals surface area contributed by atoms with Gasteiger partial charge in [0.05, 0.1) is 12.7 Å². The molecule has 1 saturated carbocycles. The fraction of sp³-hybridized carbons (Fsp3) is 0.647. The van der Waals surface area contributed by atoms with Crippen molar-refractivity contribution >= 4 is 0 Å². The van der Waals surface area contributed by atoms with Crippen molar-refractivity contribution in [3.8, 4) is 5.75 Å². The van der Waals surface area contributed by atoms with Gasteiger partial charge in [-0.05, 0) is 42.9 Å². The third-order valence-corrected chi connectivity index (χ3v) is 4.20. The van der Waals surface area contributed by atoms with Crippen LogP contribution in [-0.4, -0.2) is 22.9 Å². The first-order valence-electron chi connectivity index (χ1n) is 7.62. The minimum Gasteiger partial charge on any atom is -0.490 e. The second-order valence-electron chi connectivity index (χ2n) is 6.07. The van der Waals surface area contributed by atoms with Crippen molar-refractivity contribution in [2.24, 2.45) is 5.92 Å². The largest absolute Gasteiger partial charge is 0.490 e. The molecular weight excluding hydrogens is 252 g/mol. The quantitative estimate of drug-likeness (QED) is 0.840. The summed E-state index contributed by atoms with van der Waals surface area (Å²) in [4.78, 5) is 0. The van der Waals surface area contributed by atoms with Gasteiger partial charge in [0.1, 0.15) is 12.4 Å². The topological polar surface area (TPSA) is 49.7 Å². The lowest BCUT2D eigenvalue weighted by molar-refractivity contribution is 0.0849. The minimum atomic E-state index is -0.380. The summed E-state index contributed by atoms with van der Waals surface area (Å²) in [6.07, 6.45) is 5.58. The first-order chi connectivity index (χ1) is 9.60. The van der Waals surface area contributed by atoms with Gasteiger partial charge in [-0.2, -0.15) is 0 Å². The second-order valence-corrected chi connectivity index (χ2v) is 6.07. The van der Waals surface area contributed by atoms with Gasteiger partial charge in [0.2, 0.25) is 0 Å². The van der Waals surface area contributed by atoms with Crippen LogP contribution < -0.4 is 4.74 Å². The number of ether oxygens (including phenoxy) is 1. The maximum absolute atomic E-state index is 10.1. The zero-order chi connectivity index (χ0) is 14.5. The smallest absolute Gasteiger partial charge is 0.125 e. The summed E-state index contributed by atoms with van der Waals surface area (Å²) in [6.45, 7) is 4.36. The Morgan fingerprint density at radius 2 is 1.80 bits per heavy atom. The zero-order valence-electron chi connectivity index (χ0n) is 12.6. The van der Waals surface area contributed by atoms with Crippen LogP contribution in [0, 0.1) is 19.8 Å². The molecule has 0 aromatic heterocycles. The van der Waals surface area contributed by atoms with Gasteiger partial charge in [-0.25, -0.2) is 0 Å². The molecule has 2 rings (SSSR count). The summed E-state index contributed by atoms with van der Waals surface area (Å²) in [7, 11) is 0. The SMILES string of the molecule is Cc1cc(CO)cc(C)c1OCC(O)CC1CCCC1. The molecule has 1 aliphatic rings. The minimum absolute atomic E-state index is 0.0479. The van der Waals surface area contributed by atoms with Crippen molar-refractivity contribution < 1.29 is 14.9 Å². The second kappa shape index (κ2) is 7.09. The normalized spacial score (nSPS) is 17.4. The van der Waals surface area contributed by atoms with Crippen LogP contribution in [0.25, 0.3) is 0 Å². The van der Waals surface area contributed by atoms with E-state index < -0.39 is 0 Å². The molecule has 3 heteroatoms. The molecule has 1 atom stereocenters. The monoisotopic (exact) mass is 278 g/mol. The lowest BCUT2D eigenvalue weighted by atomic mass is 10.0. The number of aliphatic hydroxyl groups is 2. The van der Waals surface area contributed by atoms with Gasteiger partial charge in [0.25, 0.3) is 0 Å². The highest BCUT2D eigenvalue weighted by Crippen LogP contribution is 2.29. The van der Waals surface area contributed by atoms with Gasteiger partial charge in [-0.15, -0.1) is 0 Å². The van der Waals surface area contributed by atoms with E-state index in [1.165, 1.54) is 25.7 Å². The zero-order valence-corrected chi connectivity index (χ0v) is 12.6. The van der Waals surface area contributed by atoms with Gasteiger partial charge in [0, 0.05) is 0 Å². The fourth-order valence-electron chi connectivity index (χ4n) is 3.24. The molecule has 1 aromatic rings. The highest BCUT2D eigenvalue weighted by atomic mass is 16.5. The Labute approximate surface area is 121 Å². The average Bonchev–Trinajstić information content (AvgIpc) is 2.90. The number of benzene rings is 1. The Bertz CT molecular complexity index is 413. The molecular formula is C17H26O3. The molecule has 1 fully saturated rings.